The number of benzene rings is 3. The van der Waals surface area contributed by atoms with Gasteiger partial charge < -0.3 is 25.2 Å². The molecule has 3 aromatic rings. The molecule has 46 heavy (non-hydrogen) atoms. The van der Waals surface area contributed by atoms with Crippen LogP contribution in [0.3, 0.4) is 0 Å². The maximum Gasteiger partial charge on any atom is 0.255 e. The summed E-state index contributed by atoms with van der Waals surface area (Å²) in [5.74, 6) is -1.64. The van der Waals surface area contributed by atoms with Gasteiger partial charge in [0.05, 0.1) is 18.5 Å². The second-order valence-corrected chi connectivity index (χ2v) is 11.5. The minimum atomic E-state index is -1.16. The van der Waals surface area contributed by atoms with Crippen LogP contribution in [0.25, 0.3) is 0 Å². The van der Waals surface area contributed by atoms with E-state index in [2.05, 4.69) is 15.5 Å². The normalized spacial score (nSPS) is 20.2. The second kappa shape index (κ2) is 15.5. The average molecular weight is 630 g/mol. The standard InChI is InChI=1S/C35H40FN5O5/c1-2-40-20-21-46-31-11-7-6-10-28(31)33(43)38-30(23-32(42)37-29(34(40)44)22-25-8-4-3-5-9-25)35(45)41-18-16-39(17-19-41)24-26-12-14-27(36)15-13-26/h3-15,29-30H,2,16-24H2,1H3,(H,37,42)(H,38,43)/t29-,30+/m1/s1. The molecule has 242 valence electrons. The molecule has 2 heterocycles. The molecule has 11 heteroatoms. The molecule has 3 aromatic carbocycles. The Hall–Kier alpha value is -4.77. The zero-order valence-corrected chi connectivity index (χ0v) is 26.0. The molecular formula is C35H40FN5O5. The van der Waals surface area contributed by atoms with Crippen LogP contribution in [0.5, 0.6) is 5.75 Å². The van der Waals surface area contributed by atoms with Gasteiger partial charge >= 0.3 is 0 Å². The summed E-state index contributed by atoms with van der Waals surface area (Å²) in [7, 11) is 0. The van der Waals surface area contributed by atoms with E-state index in [-0.39, 0.29) is 49.2 Å². The fourth-order valence-corrected chi connectivity index (χ4v) is 5.81. The van der Waals surface area contributed by atoms with Gasteiger partial charge in [0.2, 0.25) is 17.7 Å². The summed E-state index contributed by atoms with van der Waals surface area (Å²) in [6.07, 6.45) is -0.0688. The van der Waals surface area contributed by atoms with E-state index in [0.29, 0.717) is 45.0 Å². The zero-order valence-electron chi connectivity index (χ0n) is 26.0. The minimum absolute atomic E-state index is 0.139. The smallest absolute Gasteiger partial charge is 0.255 e. The van der Waals surface area contributed by atoms with Crippen molar-refractivity contribution in [3.05, 3.63) is 101 Å². The van der Waals surface area contributed by atoms with Crippen molar-refractivity contribution in [2.24, 2.45) is 0 Å². The first-order valence-corrected chi connectivity index (χ1v) is 15.7. The van der Waals surface area contributed by atoms with Gasteiger partial charge in [-0.2, -0.15) is 0 Å². The molecule has 1 fully saturated rings. The number of likely N-dealkylation sites (N-methyl/N-ethyl adjacent to an activating group) is 1. The molecule has 2 aliphatic heterocycles. The third kappa shape index (κ3) is 8.48. The number of piperazine rings is 1. The Bertz CT molecular complexity index is 1510. The maximum absolute atomic E-state index is 13.9. The van der Waals surface area contributed by atoms with Crippen molar-refractivity contribution in [3.63, 3.8) is 0 Å². The van der Waals surface area contributed by atoms with Crippen molar-refractivity contribution in [1.82, 2.24) is 25.3 Å². The monoisotopic (exact) mass is 629 g/mol. The topological polar surface area (TPSA) is 111 Å². The predicted octanol–water partition coefficient (Wildman–Crippen LogP) is 2.63. The number of hydrogen-bond donors (Lipinski definition) is 2. The van der Waals surface area contributed by atoms with Gasteiger partial charge in [-0.3, -0.25) is 24.1 Å². The lowest BCUT2D eigenvalue weighted by Crippen LogP contribution is -2.57. The third-order valence-electron chi connectivity index (χ3n) is 8.36. The number of carbonyl (C=O) groups is 4. The summed E-state index contributed by atoms with van der Waals surface area (Å²) < 4.78 is 19.3. The number of hydrogen-bond acceptors (Lipinski definition) is 6. The van der Waals surface area contributed by atoms with Crippen LogP contribution >= 0.6 is 0 Å². The van der Waals surface area contributed by atoms with Crippen LogP contribution < -0.4 is 15.4 Å². The lowest BCUT2D eigenvalue weighted by atomic mass is 10.0. The third-order valence-corrected chi connectivity index (χ3v) is 8.36. The molecular weight excluding hydrogens is 589 g/mol. The highest BCUT2D eigenvalue weighted by Gasteiger charge is 2.33. The number of fused-ring (bicyclic) bond motifs is 1. The number of rotatable bonds is 6. The van der Waals surface area contributed by atoms with Crippen molar-refractivity contribution in [3.8, 4) is 5.75 Å². The van der Waals surface area contributed by atoms with Gasteiger partial charge in [-0.1, -0.05) is 54.6 Å². The molecule has 0 aromatic heterocycles. The van der Waals surface area contributed by atoms with Crippen LogP contribution in [0.4, 0.5) is 4.39 Å². The largest absolute Gasteiger partial charge is 0.491 e. The average Bonchev–Trinajstić information content (AvgIpc) is 3.07. The van der Waals surface area contributed by atoms with Gasteiger partial charge in [-0.05, 0) is 42.3 Å². The molecule has 0 aliphatic carbocycles. The number of para-hydroxylation sites is 1. The summed E-state index contributed by atoms with van der Waals surface area (Å²) in [5, 5.41) is 5.66. The highest BCUT2D eigenvalue weighted by Crippen LogP contribution is 2.20. The Kier molecular flexibility index (Phi) is 11.0. The minimum Gasteiger partial charge on any atom is -0.491 e. The molecule has 0 bridgehead atoms. The number of halogens is 1. The van der Waals surface area contributed by atoms with Gasteiger partial charge in [0.1, 0.15) is 30.3 Å². The predicted molar refractivity (Wildman–Crippen MR) is 170 cm³/mol. The summed E-state index contributed by atoms with van der Waals surface area (Å²) in [5.41, 5.74) is 2.08. The van der Waals surface area contributed by atoms with Crippen LogP contribution in [-0.4, -0.2) is 96.3 Å². The van der Waals surface area contributed by atoms with Crippen LogP contribution in [-0.2, 0) is 27.3 Å². The Balaban J connectivity index is 1.35. The number of nitrogens with zero attached hydrogens (tertiary/aromatic N) is 3. The Morgan fingerprint density at radius 1 is 0.848 bits per heavy atom. The summed E-state index contributed by atoms with van der Waals surface area (Å²) in [6.45, 7) is 5.23. The Morgan fingerprint density at radius 2 is 1.54 bits per heavy atom. The van der Waals surface area contributed by atoms with E-state index in [1.807, 2.05) is 37.3 Å². The zero-order chi connectivity index (χ0) is 32.5. The summed E-state index contributed by atoms with van der Waals surface area (Å²) in [6, 6.07) is 20.4. The summed E-state index contributed by atoms with van der Waals surface area (Å²) in [4.78, 5) is 60.2. The highest BCUT2D eigenvalue weighted by atomic mass is 19.1. The Morgan fingerprint density at radius 3 is 2.26 bits per heavy atom. The van der Waals surface area contributed by atoms with Crippen molar-refractivity contribution in [2.75, 3.05) is 45.9 Å². The lowest BCUT2D eigenvalue weighted by molar-refractivity contribution is -0.139. The molecule has 0 unspecified atom stereocenters. The van der Waals surface area contributed by atoms with E-state index in [4.69, 9.17) is 4.74 Å². The lowest BCUT2D eigenvalue weighted by Gasteiger charge is -2.36. The molecule has 0 saturated carbocycles. The van der Waals surface area contributed by atoms with Crippen LogP contribution in [0.15, 0.2) is 78.9 Å². The van der Waals surface area contributed by atoms with Crippen molar-refractivity contribution < 1.29 is 28.3 Å². The van der Waals surface area contributed by atoms with Crippen molar-refractivity contribution in [2.45, 2.75) is 38.4 Å². The van der Waals surface area contributed by atoms with Crippen molar-refractivity contribution in [1.29, 1.82) is 0 Å². The van der Waals surface area contributed by atoms with Gasteiger partial charge in [0.15, 0.2) is 0 Å². The molecule has 5 rings (SSSR count). The first-order valence-electron chi connectivity index (χ1n) is 15.7. The van der Waals surface area contributed by atoms with E-state index >= 15 is 0 Å². The first kappa shape index (κ1) is 32.6. The molecule has 10 nitrogen and oxygen atoms in total. The van der Waals surface area contributed by atoms with E-state index < -0.39 is 23.9 Å². The molecule has 0 spiro atoms. The summed E-state index contributed by atoms with van der Waals surface area (Å²) >= 11 is 0. The number of ether oxygens (including phenoxy) is 1. The number of carbonyl (C=O) groups excluding carboxylic acids is 4. The molecule has 4 amide bonds. The number of amides is 4. The van der Waals surface area contributed by atoms with Crippen molar-refractivity contribution >= 4 is 23.6 Å². The van der Waals surface area contributed by atoms with Gasteiger partial charge in [-0.25, -0.2) is 4.39 Å². The van der Waals surface area contributed by atoms with Crippen LogP contribution in [0.1, 0.15) is 34.8 Å². The van der Waals surface area contributed by atoms with E-state index in [9.17, 15) is 23.6 Å². The molecule has 1 saturated heterocycles. The van der Waals surface area contributed by atoms with Crippen LogP contribution in [0, 0.1) is 5.82 Å². The van der Waals surface area contributed by atoms with Gasteiger partial charge in [0.25, 0.3) is 5.91 Å². The fraction of sp³-hybridized carbons (Fsp3) is 0.371. The SMILES string of the molecule is CCN1CCOc2ccccc2C(=O)N[C@H](C(=O)N2CCN(Cc3ccc(F)cc3)CC2)CC(=O)N[C@H](Cc2ccccc2)C1=O. The molecule has 2 atom stereocenters. The van der Waals surface area contributed by atoms with E-state index in [1.165, 1.54) is 12.1 Å². The first-order chi connectivity index (χ1) is 22.3. The molecule has 0 radical (unpaired) electrons. The van der Waals surface area contributed by atoms with Gasteiger partial charge in [0, 0.05) is 45.7 Å². The second-order valence-electron chi connectivity index (χ2n) is 11.5. The fourth-order valence-electron chi connectivity index (χ4n) is 5.81. The maximum atomic E-state index is 13.9. The van der Waals surface area contributed by atoms with E-state index in [0.717, 1.165) is 11.1 Å². The highest BCUT2D eigenvalue weighted by molar-refractivity contribution is 6.01. The number of nitrogens with one attached hydrogen (secondary N) is 2. The quantitative estimate of drug-likeness (QED) is 0.434. The Labute approximate surface area is 268 Å². The molecule has 2 aliphatic rings. The van der Waals surface area contributed by atoms with E-state index in [1.54, 1.807) is 46.2 Å². The molecule has 2 N–H and O–H groups in total. The van der Waals surface area contributed by atoms with Gasteiger partial charge in [-0.15, -0.1) is 0 Å². The van der Waals surface area contributed by atoms with Crippen LogP contribution in [0.2, 0.25) is 0 Å².